The maximum absolute atomic E-state index is 14.4. The Labute approximate surface area is 271 Å². The van der Waals surface area contributed by atoms with E-state index >= 15 is 0 Å². The summed E-state index contributed by atoms with van der Waals surface area (Å²) in [5, 5.41) is 2.94. The smallest absolute Gasteiger partial charge is 0.264 e. The number of aryl methyl sites for hydroxylation is 1. The average Bonchev–Trinajstić information content (AvgIpc) is 3.02. The van der Waals surface area contributed by atoms with Crippen LogP contribution in [0.5, 0.6) is 5.75 Å². The third-order valence-electron chi connectivity index (χ3n) is 7.08. The molecule has 230 valence electrons. The van der Waals surface area contributed by atoms with E-state index in [-0.39, 0.29) is 40.2 Å². The Kier molecular flexibility index (Phi) is 11.1. The van der Waals surface area contributed by atoms with Gasteiger partial charge in [-0.1, -0.05) is 87.7 Å². The van der Waals surface area contributed by atoms with Gasteiger partial charge in [0.2, 0.25) is 11.8 Å². The first kappa shape index (κ1) is 33.0. The summed E-state index contributed by atoms with van der Waals surface area (Å²) in [5.41, 5.74) is 2.58. The van der Waals surface area contributed by atoms with Crippen LogP contribution < -0.4 is 14.4 Å². The summed E-state index contributed by atoms with van der Waals surface area (Å²) in [7, 11) is -1.38. The summed E-state index contributed by atoms with van der Waals surface area (Å²) in [5.74, 6) is -0.757. The molecule has 0 aliphatic rings. The van der Waals surface area contributed by atoms with Gasteiger partial charge in [-0.25, -0.2) is 8.42 Å². The number of ether oxygens (including phenoxy) is 1. The summed E-state index contributed by atoms with van der Waals surface area (Å²) in [6.45, 7) is 1.29. The summed E-state index contributed by atoms with van der Waals surface area (Å²) in [6, 6.07) is 26.7. The number of rotatable bonds is 12. The maximum atomic E-state index is 14.4. The van der Waals surface area contributed by atoms with Crippen LogP contribution in [0.15, 0.2) is 106 Å². The largest absolute Gasteiger partial charge is 0.495 e. The number of sulfonamides is 1. The zero-order valence-corrected chi connectivity index (χ0v) is 27.7. The van der Waals surface area contributed by atoms with Crippen LogP contribution in [-0.4, -0.2) is 51.9 Å². The minimum absolute atomic E-state index is 0.00970. The lowest BCUT2D eigenvalue weighted by atomic mass is 10.0. The van der Waals surface area contributed by atoms with E-state index < -0.39 is 28.5 Å². The number of anilines is 1. The Bertz CT molecular complexity index is 1700. The monoisotopic (exact) mass is 697 g/mol. The fourth-order valence-corrected chi connectivity index (χ4v) is 6.56. The summed E-state index contributed by atoms with van der Waals surface area (Å²) in [6.07, 6.45) is 0.216. The van der Waals surface area contributed by atoms with Gasteiger partial charge in [-0.2, -0.15) is 0 Å². The van der Waals surface area contributed by atoms with Crippen molar-refractivity contribution in [3.8, 4) is 5.75 Å². The number of benzene rings is 4. The minimum Gasteiger partial charge on any atom is -0.495 e. The molecule has 0 aromatic heterocycles. The molecular weight excluding hydrogens is 666 g/mol. The van der Waals surface area contributed by atoms with Crippen LogP contribution in [0.25, 0.3) is 0 Å². The van der Waals surface area contributed by atoms with E-state index in [9.17, 15) is 18.0 Å². The number of likely N-dealkylation sites (N-methyl/N-ethyl adjacent to an activating group) is 1. The van der Waals surface area contributed by atoms with E-state index in [4.69, 9.17) is 16.3 Å². The second-order valence-electron chi connectivity index (χ2n) is 10.1. The maximum Gasteiger partial charge on any atom is 0.264 e. The van der Waals surface area contributed by atoms with Gasteiger partial charge in [0, 0.05) is 29.5 Å². The predicted octanol–water partition coefficient (Wildman–Crippen LogP) is 6.00. The van der Waals surface area contributed by atoms with Gasteiger partial charge in [0.15, 0.2) is 0 Å². The van der Waals surface area contributed by atoms with Crippen LogP contribution in [0.4, 0.5) is 5.69 Å². The molecule has 1 N–H and O–H groups in total. The topological polar surface area (TPSA) is 96.0 Å². The Morgan fingerprint density at radius 2 is 1.59 bits per heavy atom. The number of methoxy groups -OCH3 is 1. The molecule has 0 spiro atoms. The molecule has 2 amide bonds. The fourth-order valence-electron chi connectivity index (χ4n) is 4.72. The Morgan fingerprint density at radius 3 is 2.20 bits per heavy atom. The minimum atomic E-state index is -4.30. The zero-order chi connectivity index (χ0) is 31.9. The molecule has 0 heterocycles. The van der Waals surface area contributed by atoms with Crippen molar-refractivity contribution >= 4 is 55.1 Å². The molecule has 8 nitrogen and oxygen atoms in total. The molecule has 0 aliphatic heterocycles. The highest BCUT2D eigenvalue weighted by molar-refractivity contribution is 9.10. The van der Waals surface area contributed by atoms with Crippen LogP contribution in [0.3, 0.4) is 0 Å². The van der Waals surface area contributed by atoms with Crippen molar-refractivity contribution < 1.29 is 22.7 Å². The lowest BCUT2D eigenvalue weighted by Crippen LogP contribution is -2.53. The number of carbonyl (C=O) groups is 2. The Balaban J connectivity index is 1.83. The SMILES string of the molecule is CNC(=O)[C@H](Cc1ccccc1)N(Cc1ccc(Br)cc1)C(=O)CN(c1cc(Cl)ccc1OC)S(=O)(=O)c1ccc(C)cc1. The van der Waals surface area contributed by atoms with E-state index in [1.54, 1.807) is 24.3 Å². The van der Waals surface area contributed by atoms with Gasteiger partial charge in [-0.3, -0.25) is 13.9 Å². The first-order valence-electron chi connectivity index (χ1n) is 13.8. The van der Waals surface area contributed by atoms with E-state index in [1.165, 1.54) is 37.3 Å². The Hall–Kier alpha value is -3.86. The number of hydrogen-bond acceptors (Lipinski definition) is 5. The van der Waals surface area contributed by atoms with Crippen molar-refractivity contribution in [3.63, 3.8) is 0 Å². The number of halogens is 2. The summed E-state index contributed by atoms with van der Waals surface area (Å²) in [4.78, 5) is 29.2. The van der Waals surface area contributed by atoms with Crippen molar-refractivity contribution in [1.82, 2.24) is 10.2 Å². The standard InChI is InChI=1S/C33H33BrClN3O5S/c1-23-9-16-28(17-10-23)44(41,42)38(29-20-27(35)15-18-31(29)43-3)22-32(39)37(21-25-11-13-26(34)14-12-25)30(33(40)36-2)19-24-7-5-4-6-8-24/h4-18,20,30H,19,21-22H2,1-3H3,(H,36,40)/t30-/m0/s1. The van der Waals surface area contributed by atoms with E-state index in [1.807, 2.05) is 61.5 Å². The zero-order valence-electron chi connectivity index (χ0n) is 24.5. The number of carbonyl (C=O) groups excluding carboxylic acids is 2. The molecule has 4 aromatic rings. The van der Waals surface area contributed by atoms with E-state index in [2.05, 4.69) is 21.2 Å². The van der Waals surface area contributed by atoms with Crippen LogP contribution in [0, 0.1) is 6.92 Å². The fraction of sp³-hybridized carbons (Fsp3) is 0.212. The molecule has 0 bridgehead atoms. The van der Waals surface area contributed by atoms with Gasteiger partial charge in [-0.05, 0) is 60.5 Å². The number of nitrogens with one attached hydrogen (secondary N) is 1. The average molecular weight is 699 g/mol. The molecule has 0 aliphatic carbocycles. The second kappa shape index (κ2) is 14.7. The van der Waals surface area contributed by atoms with Crippen molar-refractivity contribution in [1.29, 1.82) is 0 Å². The number of hydrogen-bond donors (Lipinski definition) is 1. The first-order chi connectivity index (χ1) is 21.0. The van der Waals surface area contributed by atoms with Gasteiger partial charge in [0.25, 0.3) is 10.0 Å². The van der Waals surface area contributed by atoms with Gasteiger partial charge in [0.05, 0.1) is 17.7 Å². The number of nitrogens with zero attached hydrogens (tertiary/aromatic N) is 2. The second-order valence-corrected chi connectivity index (χ2v) is 13.3. The third kappa shape index (κ3) is 7.99. The van der Waals surface area contributed by atoms with Crippen LogP contribution in [-0.2, 0) is 32.6 Å². The van der Waals surface area contributed by atoms with Crippen LogP contribution in [0.2, 0.25) is 5.02 Å². The molecular formula is C33H33BrClN3O5S. The van der Waals surface area contributed by atoms with Crippen molar-refractivity contribution in [2.45, 2.75) is 30.8 Å². The summed E-state index contributed by atoms with van der Waals surface area (Å²) >= 11 is 9.76. The first-order valence-corrected chi connectivity index (χ1v) is 16.4. The highest BCUT2D eigenvalue weighted by Gasteiger charge is 2.35. The third-order valence-corrected chi connectivity index (χ3v) is 9.62. The van der Waals surface area contributed by atoms with Crippen molar-refractivity contribution in [2.75, 3.05) is 25.0 Å². The molecule has 11 heteroatoms. The van der Waals surface area contributed by atoms with E-state index in [0.717, 1.165) is 25.5 Å². The molecule has 0 saturated heterocycles. The molecule has 44 heavy (non-hydrogen) atoms. The van der Waals surface area contributed by atoms with Crippen LogP contribution >= 0.6 is 27.5 Å². The van der Waals surface area contributed by atoms with Crippen LogP contribution in [0.1, 0.15) is 16.7 Å². The van der Waals surface area contributed by atoms with Gasteiger partial charge < -0.3 is 15.0 Å². The molecule has 0 unspecified atom stereocenters. The van der Waals surface area contributed by atoms with Crippen molar-refractivity contribution in [2.24, 2.45) is 0 Å². The van der Waals surface area contributed by atoms with Crippen molar-refractivity contribution in [3.05, 3.63) is 123 Å². The predicted molar refractivity (Wildman–Crippen MR) is 176 cm³/mol. The van der Waals surface area contributed by atoms with Gasteiger partial charge in [-0.15, -0.1) is 0 Å². The molecule has 1 atom stereocenters. The Morgan fingerprint density at radius 1 is 0.932 bits per heavy atom. The molecule has 0 radical (unpaired) electrons. The lowest BCUT2D eigenvalue weighted by molar-refractivity contribution is -0.139. The molecule has 4 aromatic carbocycles. The number of amides is 2. The normalized spacial score (nSPS) is 11.8. The molecule has 4 rings (SSSR count). The summed E-state index contributed by atoms with van der Waals surface area (Å²) < 4.78 is 35.8. The highest BCUT2D eigenvalue weighted by Crippen LogP contribution is 2.35. The van der Waals surface area contributed by atoms with Gasteiger partial charge in [0.1, 0.15) is 18.3 Å². The van der Waals surface area contributed by atoms with E-state index in [0.29, 0.717) is 0 Å². The lowest BCUT2D eigenvalue weighted by Gasteiger charge is -2.34. The highest BCUT2D eigenvalue weighted by atomic mass is 79.9. The quantitative estimate of drug-likeness (QED) is 0.196. The molecule has 0 fully saturated rings. The molecule has 0 saturated carbocycles. The van der Waals surface area contributed by atoms with Gasteiger partial charge >= 0.3 is 0 Å².